The van der Waals surface area contributed by atoms with Crippen LogP contribution in [0.5, 0.6) is 5.75 Å². The Morgan fingerprint density at radius 3 is 2.61 bits per heavy atom. The Hall–Kier alpha value is -2.62. The fraction of sp³-hybridized carbons (Fsp3) is 0.111. The molecule has 2 N–H and O–H groups in total. The monoisotopic (exact) mass is 437 g/mol. The molecule has 0 unspecified atom stereocenters. The average Bonchev–Trinajstić information content (AvgIpc) is 3.14. The number of carbonyl (C=O) groups is 1. The van der Waals surface area contributed by atoms with Gasteiger partial charge in [0.25, 0.3) is 15.9 Å². The maximum Gasteiger partial charge on any atom is 0.265 e. The van der Waals surface area contributed by atoms with Gasteiger partial charge in [-0.05, 0) is 49.4 Å². The first-order valence-electron chi connectivity index (χ1n) is 8.09. The Bertz CT molecular complexity index is 1050. The molecule has 0 aliphatic carbocycles. The lowest BCUT2D eigenvalue weighted by Crippen LogP contribution is -2.30. The fourth-order valence-electron chi connectivity index (χ4n) is 2.21. The molecule has 10 heteroatoms. The van der Waals surface area contributed by atoms with E-state index in [0.29, 0.717) is 16.5 Å². The highest BCUT2D eigenvalue weighted by Crippen LogP contribution is 2.21. The number of sulfonamides is 1. The Morgan fingerprint density at radius 2 is 1.96 bits per heavy atom. The summed E-state index contributed by atoms with van der Waals surface area (Å²) in [5, 5.41) is 5.14. The van der Waals surface area contributed by atoms with Gasteiger partial charge in [0.2, 0.25) is 0 Å². The quantitative estimate of drug-likeness (QED) is 0.582. The van der Waals surface area contributed by atoms with Crippen molar-refractivity contribution in [1.82, 2.24) is 4.98 Å². The van der Waals surface area contributed by atoms with Crippen molar-refractivity contribution in [2.24, 2.45) is 0 Å². The second-order valence-electron chi connectivity index (χ2n) is 5.67. The number of aromatic nitrogens is 1. The Morgan fingerprint density at radius 1 is 1.21 bits per heavy atom. The van der Waals surface area contributed by atoms with Crippen LogP contribution in [0.1, 0.15) is 6.92 Å². The van der Waals surface area contributed by atoms with Crippen LogP contribution in [0.2, 0.25) is 5.02 Å². The van der Waals surface area contributed by atoms with Gasteiger partial charge in [0, 0.05) is 22.3 Å². The molecule has 3 aromatic rings. The van der Waals surface area contributed by atoms with E-state index in [9.17, 15) is 13.2 Å². The maximum atomic E-state index is 12.3. The summed E-state index contributed by atoms with van der Waals surface area (Å²) in [5.74, 6) is 0.0985. The first-order valence-corrected chi connectivity index (χ1v) is 10.8. The van der Waals surface area contributed by atoms with Crippen LogP contribution in [0.3, 0.4) is 0 Å². The highest BCUT2D eigenvalue weighted by molar-refractivity contribution is 7.93. The molecular weight excluding hydrogens is 422 g/mol. The summed E-state index contributed by atoms with van der Waals surface area (Å²) >= 11 is 7.08. The van der Waals surface area contributed by atoms with Crippen LogP contribution >= 0.6 is 22.9 Å². The predicted molar refractivity (Wildman–Crippen MR) is 110 cm³/mol. The second-order valence-corrected chi connectivity index (χ2v) is 8.69. The number of amides is 1. The van der Waals surface area contributed by atoms with Gasteiger partial charge < -0.3 is 10.1 Å². The lowest BCUT2D eigenvalue weighted by molar-refractivity contribution is -0.122. The normalized spacial score (nSPS) is 12.2. The fourth-order valence-corrected chi connectivity index (χ4v) is 4.18. The molecule has 0 spiro atoms. The van der Waals surface area contributed by atoms with Crippen LogP contribution < -0.4 is 14.8 Å². The van der Waals surface area contributed by atoms with Crippen molar-refractivity contribution in [3.8, 4) is 5.75 Å². The number of nitrogens with zero attached hydrogens (tertiary/aromatic N) is 1. The summed E-state index contributed by atoms with van der Waals surface area (Å²) in [7, 11) is -3.74. The third kappa shape index (κ3) is 5.22. The first kappa shape index (κ1) is 20.1. The molecule has 3 rings (SSSR count). The number of halogens is 1. The SMILES string of the molecule is C[C@@H](Oc1cccc(Cl)c1)C(=O)Nc1ccc(S(=O)(=O)Nc2nccs2)cc1. The molecule has 146 valence electrons. The first-order chi connectivity index (χ1) is 13.3. The van der Waals surface area contributed by atoms with Crippen molar-refractivity contribution in [3.05, 3.63) is 65.1 Å². The van der Waals surface area contributed by atoms with Crippen LogP contribution in [0.15, 0.2) is 65.0 Å². The maximum absolute atomic E-state index is 12.3. The number of benzene rings is 2. The van der Waals surface area contributed by atoms with Gasteiger partial charge in [-0.25, -0.2) is 13.4 Å². The number of carbonyl (C=O) groups excluding carboxylic acids is 1. The molecule has 0 fully saturated rings. The zero-order valence-electron chi connectivity index (χ0n) is 14.6. The Kier molecular flexibility index (Phi) is 6.18. The van der Waals surface area contributed by atoms with Gasteiger partial charge in [-0.3, -0.25) is 9.52 Å². The van der Waals surface area contributed by atoms with E-state index in [-0.39, 0.29) is 15.9 Å². The standard InChI is InChI=1S/C18H16ClN3O4S2/c1-12(26-15-4-2-3-13(19)11-15)17(23)21-14-5-7-16(8-6-14)28(24,25)22-18-20-9-10-27-18/h2-12H,1H3,(H,20,22)(H,21,23)/t12-/m1/s1. The molecule has 0 radical (unpaired) electrons. The smallest absolute Gasteiger partial charge is 0.265 e. The molecular formula is C18H16ClN3O4S2. The summed E-state index contributed by atoms with van der Waals surface area (Å²) in [5.41, 5.74) is 0.444. The van der Waals surface area contributed by atoms with E-state index in [1.807, 2.05) is 0 Å². The van der Waals surface area contributed by atoms with Gasteiger partial charge in [0.05, 0.1) is 4.90 Å². The number of anilines is 2. The van der Waals surface area contributed by atoms with Gasteiger partial charge >= 0.3 is 0 Å². The van der Waals surface area contributed by atoms with Crippen molar-refractivity contribution in [3.63, 3.8) is 0 Å². The van der Waals surface area contributed by atoms with Crippen LogP contribution in [-0.4, -0.2) is 25.4 Å². The highest BCUT2D eigenvalue weighted by Gasteiger charge is 2.17. The Balaban J connectivity index is 1.62. The van der Waals surface area contributed by atoms with Gasteiger partial charge in [-0.2, -0.15) is 0 Å². The van der Waals surface area contributed by atoms with Gasteiger partial charge in [0.1, 0.15) is 5.75 Å². The molecule has 2 aromatic carbocycles. The van der Waals surface area contributed by atoms with E-state index >= 15 is 0 Å². The number of thiazole rings is 1. The second kappa shape index (κ2) is 8.59. The van der Waals surface area contributed by atoms with E-state index in [2.05, 4.69) is 15.0 Å². The van der Waals surface area contributed by atoms with E-state index in [0.717, 1.165) is 0 Å². The van der Waals surface area contributed by atoms with Crippen molar-refractivity contribution >= 4 is 49.7 Å². The average molecular weight is 438 g/mol. The molecule has 1 heterocycles. The minimum Gasteiger partial charge on any atom is -0.481 e. The minimum atomic E-state index is -3.74. The van der Waals surface area contributed by atoms with E-state index in [4.69, 9.17) is 16.3 Å². The van der Waals surface area contributed by atoms with Crippen molar-refractivity contribution in [2.75, 3.05) is 10.0 Å². The molecule has 0 saturated heterocycles. The molecule has 1 aromatic heterocycles. The molecule has 0 aliphatic heterocycles. The molecule has 28 heavy (non-hydrogen) atoms. The topological polar surface area (TPSA) is 97.4 Å². The third-order valence-electron chi connectivity index (χ3n) is 3.56. The number of hydrogen-bond donors (Lipinski definition) is 2. The van der Waals surface area contributed by atoms with Crippen molar-refractivity contribution < 1.29 is 17.9 Å². The van der Waals surface area contributed by atoms with Gasteiger partial charge in [0.15, 0.2) is 11.2 Å². The summed E-state index contributed by atoms with van der Waals surface area (Å²) < 4.78 is 32.6. The number of rotatable bonds is 7. The zero-order chi connectivity index (χ0) is 20.1. The summed E-state index contributed by atoms with van der Waals surface area (Å²) in [6.45, 7) is 1.60. The van der Waals surface area contributed by atoms with E-state index in [1.54, 1.807) is 36.6 Å². The van der Waals surface area contributed by atoms with Gasteiger partial charge in [-0.15, -0.1) is 11.3 Å². The predicted octanol–water partition coefficient (Wildman–Crippen LogP) is 4.00. The zero-order valence-corrected chi connectivity index (χ0v) is 17.0. The number of ether oxygens (including phenoxy) is 1. The Labute approximate surface area is 171 Å². The summed E-state index contributed by atoms with van der Waals surface area (Å²) in [6, 6.07) is 12.5. The molecule has 0 bridgehead atoms. The van der Waals surface area contributed by atoms with Crippen LogP contribution in [-0.2, 0) is 14.8 Å². The molecule has 1 amide bonds. The number of nitrogens with one attached hydrogen (secondary N) is 2. The van der Waals surface area contributed by atoms with Gasteiger partial charge in [-0.1, -0.05) is 17.7 Å². The third-order valence-corrected chi connectivity index (χ3v) is 5.97. The lowest BCUT2D eigenvalue weighted by Gasteiger charge is -2.15. The van der Waals surface area contributed by atoms with Crippen LogP contribution in [0.25, 0.3) is 0 Å². The summed E-state index contributed by atoms with van der Waals surface area (Å²) in [4.78, 5) is 16.2. The molecule has 1 atom stereocenters. The minimum absolute atomic E-state index is 0.0592. The number of hydrogen-bond acceptors (Lipinski definition) is 6. The van der Waals surface area contributed by atoms with Crippen molar-refractivity contribution in [1.29, 1.82) is 0 Å². The molecule has 0 saturated carbocycles. The van der Waals surface area contributed by atoms with Crippen LogP contribution in [0.4, 0.5) is 10.8 Å². The summed E-state index contributed by atoms with van der Waals surface area (Å²) in [6.07, 6.45) is 0.738. The highest BCUT2D eigenvalue weighted by atomic mass is 35.5. The van der Waals surface area contributed by atoms with Crippen molar-refractivity contribution in [2.45, 2.75) is 17.9 Å². The largest absolute Gasteiger partial charge is 0.481 e. The van der Waals surface area contributed by atoms with E-state index < -0.39 is 16.1 Å². The van der Waals surface area contributed by atoms with Crippen LogP contribution in [0, 0.1) is 0 Å². The molecule has 7 nitrogen and oxygen atoms in total. The molecule has 0 aliphatic rings. The lowest BCUT2D eigenvalue weighted by atomic mass is 10.3. The van der Waals surface area contributed by atoms with E-state index in [1.165, 1.54) is 41.8 Å².